The van der Waals surface area contributed by atoms with E-state index in [4.69, 9.17) is 5.73 Å². The summed E-state index contributed by atoms with van der Waals surface area (Å²) in [6, 6.07) is 6.68. The second-order valence-electron chi connectivity index (χ2n) is 4.41. The molecule has 0 fully saturated rings. The highest BCUT2D eigenvalue weighted by molar-refractivity contribution is 9.10. The average Bonchev–Trinajstić information content (AvgIpc) is 2.57. The Kier molecular flexibility index (Phi) is 3.71. The van der Waals surface area contributed by atoms with Gasteiger partial charge in [0.2, 0.25) is 0 Å². The van der Waals surface area contributed by atoms with Crippen LogP contribution in [0.1, 0.15) is 24.2 Å². The predicted octanol–water partition coefficient (Wildman–Crippen LogP) is 3.48. The van der Waals surface area contributed by atoms with Gasteiger partial charge in [-0.25, -0.2) is 9.07 Å². The third-order valence-electron chi connectivity index (χ3n) is 2.88. The van der Waals surface area contributed by atoms with Crippen LogP contribution in [-0.2, 0) is 6.42 Å². The fourth-order valence-corrected chi connectivity index (χ4v) is 2.23. The van der Waals surface area contributed by atoms with Gasteiger partial charge in [-0.3, -0.25) is 0 Å². The Labute approximate surface area is 114 Å². The first-order chi connectivity index (χ1) is 8.49. The molecular weight excluding hydrogens is 297 g/mol. The van der Waals surface area contributed by atoms with Crippen LogP contribution in [0.3, 0.4) is 0 Å². The third kappa shape index (κ3) is 2.56. The minimum absolute atomic E-state index is 0.0804. The second-order valence-corrected chi connectivity index (χ2v) is 5.21. The number of hydrogen-bond acceptors (Lipinski definition) is 2. The summed E-state index contributed by atoms with van der Waals surface area (Å²) in [5.41, 5.74) is 7.76. The lowest BCUT2D eigenvalue weighted by molar-refractivity contribution is 0.492. The molecule has 0 saturated carbocycles. The van der Waals surface area contributed by atoms with Crippen LogP contribution in [0.25, 0.3) is 0 Å². The molecule has 0 saturated heterocycles. The lowest BCUT2D eigenvalue weighted by Gasteiger charge is -2.14. The van der Waals surface area contributed by atoms with Crippen molar-refractivity contribution >= 4 is 21.7 Å². The van der Waals surface area contributed by atoms with Crippen LogP contribution in [-0.4, -0.2) is 9.78 Å². The lowest BCUT2D eigenvalue weighted by Crippen LogP contribution is -2.13. The van der Waals surface area contributed by atoms with Gasteiger partial charge in [-0.2, -0.15) is 5.10 Å². The van der Waals surface area contributed by atoms with Gasteiger partial charge >= 0.3 is 0 Å². The van der Waals surface area contributed by atoms with Crippen molar-refractivity contribution in [2.24, 2.45) is 0 Å². The summed E-state index contributed by atoms with van der Waals surface area (Å²) in [5.74, 6) is 0.391. The van der Waals surface area contributed by atoms with E-state index in [-0.39, 0.29) is 11.9 Å². The molecule has 1 aromatic heterocycles. The van der Waals surface area contributed by atoms with E-state index in [1.807, 2.05) is 19.9 Å². The molecule has 96 valence electrons. The Morgan fingerprint density at radius 3 is 2.78 bits per heavy atom. The SMILES string of the molecule is Cc1nn(C(C)Cc2cccc(F)c2)c(N)c1Br. The van der Waals surface area contributed by atoms with Gasteiger partial charge in [0, 0.05) is 0 Å². The standard InChI is InChI=1S/C13H15BrFN3/c1-8(6-10-4-3-5-11(15)7-10)18-13(16)12(14)9(2)17-18/h3-5,7-8H,6,16H2,1-2H3. The number of nitrogen functional groups attached to an aromatic ring is 1. The fraction of sp³-hybridized carbons (Fsp3) is 0.308. The van der Waals surface area contributed by atoms with Crippen molar-refractivity contribution in [1.29, 1.82) is 0 Å². The van der Waals surface area contributed by atoms with Crippen molar-refractivity contribution in [3.05, 3.63) is 45.8 Å². The molecule has 1 atom stereocenters. The highest BCUT2D eigenvalue weighted by Gasteiger charge is 2.15. The van der Waals surface area contributed by atoms with Gasteiger partial charge in [0.25, 0.3) is 0 Å². The summed E-state index contributed by atoms with van der Waals surface area (Å²) in [5, 5.41) is 4.38. The van der Waals surface area contributed by atoms with Crippen LogP contribution in [0, 0.1) is 12.7 Å². The van der Waals surface area contributed by atoms with Crippen molar-refractivity contribution in [3.63, 3.8) is 0 Å². The van der Waals surface area contributed by atoms with E-state index < -0.39 is 0 Å². The highest BCUT2D eigenvalue weighted by atomic mass is 79.9. The number of anilines is 1. The Morgan fingerprint density at radius 1 is 1.50 bits per heavy atom. The van der Waals surface area contributed by atoms with Gasteiger partial charge < -0.3 is 5.73 Å². The zero-order valence-electron chi connectivity index (χ0n) is 10.3. The van der Waals surface area contributed by atoms with Crippen LogP contribution < -0.4 is 5.73 Å². The molecule has 0 radical (unpaired) electrons. The Morgan fingerprint density at radius 2 is 2.22 bits per heavy atom. The zero-order chi connectivity index (χ0) is 13.3. The molecule has 2 rings (SSSR count). The van der Waals surface area contributed by atoms with Crippen LogP contribution in [0.5, 0.6) is 0 Å². The summed E-state index contributed by atoms with van der Waals surface area (Å²) >= 11 is 3.40. The molecule has 1 heterocycles. The van der Waals surface area contributed by atoms with Crippen LogP contribution in [0.4, 0.5) is 10.2 Å². The number of benzene rings is 1. The van der Waals surface area contributed by atoms with Crippen LogP contribution >= 0.6 is 15.9 Å². The Balaban J connectivity index is 2.22. The van der Waals surface area contributed by atoms with E-state index in [0.717, 1.165) is 15.7 Å². The minimum Gasteiger partial charge on any atom is -0.383 e. The number of nitrogens with zero attached hydrogens (tertiary/aromatic N) is 2. The number of nitrogens with two attached hydrogens (primary N) is 1. The summed E-state index contributed by atoms with van der Waals surface area (Å²) in [6.45, 7) is 3.91. The topological polar surface area (TPSA) is 43.8 Å². The first kappa shape index (κ1) is 13.1. The molecule has 3 nitrogen and oxygen atoms in total. The molecule has 0 spiro atoms. The molecule has 1 aromatic carbocycles. The average molecular weight is 312 g/mol. The minimum atomic E-state index is -0.217. The lowest BCUT2D eigenvalue weighted by atomic mass is 10.1. The van der Waals surface area contributed by atoms with Gasteiger partial charge in [-0.15, -0.1) is 0 Å². The Bertz CT molecular complexity index is 565. The van der Waals surface area contributed by atoms with E-state index in [1.54, 1.807) is 10.7 Å². The maximum Gasteiger partial charge on any atom is 0.136 e. The summed E-state index contributed by atoms with van der Waals surface area (Å²) in [6.07, 6.45) is 0.690. The van der Waals surface area contributed by atoms with Gasteiger partial charge in [0.05, 0.1) is 16.2 Å². The maximum atomic E-state index is 13.1. The van der Waals surface area contributed by atoms with Crippen molar-refractivity contribution < 1.29 is 4.39 Å². The molecule has 2 aromatic rings. The fourth-order valence-electron chi connectivity index (χ4n) is 1.97. The Hall–Kier alpha value is -1.36. The molecular formula is C13H15BrFN3. The van der Waals surface area contributed by atoms with Crippen LogP contribution in [0.2, 0.25) is 0 Å². The van der Waals surface area contributed by atoms with Gasteiger partial charge in [0.15, 0.2) is 0 Å². The largest absolute Gasteiger partial charge is 0.383 e. The molecule has 5 heteroatoms. The monoisotopic (exact) mass is 311 g/mol. The van der Waals surface area contributed by atoms with Gasteiger partial charge in [0.1, 0.15) is 11.6 Å². The van der Waals surface area contributed by atoms with Gasteiger partial charge in [-0.05, 0) is 53.9 Å². The van der Waals surface area contributed by atoms with E-state index >= 15 is 0 Å². The quantitative estimate of drug-likeness (QED) is 0.943. The van der Waals surface area contributed by atoms with E-state index in [9.17, 15) is 4.39 Å². The first-order valence-corrected chi connectivity index (χ1v) is 6.53. The molecule has 0 aliphatic rings. The van der Waals surface area contributed by atoms with Crippen LogP contribution in [0.15, 0.2) is 28.7 Å². The molecule has 2 N–H and O–H groups in total. The molecule has 0 aliphatic heterocycles. The molecule has 0 bridgehead atoms. The molecule has 0 aliphatic carbocycles. The summed E-state index contributed by atoms with van der Waals surface area (Å²) < 4.78 is 15.7. The smallest absolute Gasteiger partial charge is 0.136 e. The predicted molar refractivity (Wildman–Crippen MR) is 73.9 cm³/mol. The number of halogens is 2. The third-order valence-corrected chi connectivity index (χ3v) is 3.86. The van der Waals surface area contributed by atoms with Crippen molar-refractivity contribution in [2.75, 3.05) is 5.73 Å². The number of aromatic nitrogens is 2. The summed E-state index contributed by atoms with van der Waals surface area (Å²) in [7, 11) is 0. The van der Waals surface area contributed by atoms with E-state index in [0.29, 0.717) is 12.2 Å². The van der Waals surface area contributed by atoms with Crippen molar-refractivity contribution in [3.8, 4) is 0 Å². The maximum absolute atomic E-state index is 13.1. The molecule has 1 unspecified atom stereocenters. The summed E-state index contributed by atoms with van der Waals surface area (Å²) in [4.78, 5) is 0. The first-order valence-electron chi connectivity index (χ1n) is 5.73. The van der Waals surface area contributed by atoms with Crippen molar-refractivity contribution in [1.82, 2.24) is 9.78 Å². The number of rotatable bonds is 3. The van der Waals surface area contributed by atoms with E-state index in [2.05, 4.69) is 21.0 Å². The normalized spacial score (nSPS) is 12.7. The van der Waals surface area contributed by atoms with E-state index in [1.165, 1.54) is 12.1 Å². The second kappa shape index (κ2) is 5.10. The zero-order valence-corrected chi connectivity index (χ0v) is 11.9. The van der Waals surface area contributed by atoms with Crippen molar-refractivity contribution in [2.45, 2.75) is 26.3 Å². The molecule has 18 heavy (non-hydrogen) atoms. The highest BCUT2D eigenvalue weighted by Crippen LogP contribution is 2.27. The number of aryl methyl sites for hydroxylation is 1. The molecule has 0 amide bonds. The number of hydrogen-bond donors (Lipinski definition) is 1. The van der Waals surface area contributed by atoms with Gasteiger partial charge in [-0.1, -0.05) is 12.1 Å².